The number of nitriles is 1. The van der Waals surface area contributed by atoms with Gasteiger partial charge in [0.2, 0.25) is 0 Å². The van der Waals surface area contributed by atoms with Gasteiger partial charge >= 0.3 is 0 Å². The van der Waals surface area contributed by atoms with Gasteiger partial charge in [0.05, 0.1) is 17.0 Å². The lowest BCUT2D eigenvalue weighted by Gasteiger charge is -2.06. The molecule has 0 unspecified atom stereocenters. The number of hydrogen-bond acceptors (Lipinski definition) is 3. The molecule has 1 aromatic carbocycles. The molecule has 0 radical (unpaired) electrons. The number of nitrogens with zero attached hydrogens (tertiary/aromatic N) is 1. The number of rotatable bonds is 3. The molecule has 0 aliphatic carbocycles. The van der Waals surface area contributed by atoms with E-state index in [1.54, 1.807) is 6.92 Å². The Morgan fingerprint density at radius 2 is 2.27 bits per heavy atom. The average Bonchev–Trinajstić information content (AvgIpc) is 2.28. The van der Waals surface area contributed by atoms with Crippen LogP contribution in [0.2, 0.25) is 0 Å². The van der Waals surface area contributed by atoms with Crippen LogP contribution in [0.25, 0.3) is 0 Å². The molecule has 0 spiro atoms. The predicted octanol–water partition coefficient (Wildman–Crippen LogP) is 2.26. The second-order valence-corrected chi connectivity index (χ2v) is 3.59. The fourth-order valence-electron chi connectivity index (χ4n) is 1.29. The summed E-state index contributed by atoms with van der Waals surface area (Å²) in [5.41, 5.74) is 1.76. The maximum Gasteiger partial charge on any atom is 0.173 e. The molecule has 0 atom stereocenters. The van der Waals surface area contributed by atoms with Crippen molar-refractivity contribution >= 4 is 28.0 Å². The molecule has 15 heavy (non-hydrogen) atoms. The first-order valence-corrected chi connectivity index (χ1v) is 5.35. The van der Waals surface area contributed by atoms with Crippen LogP contribution in [0.1, 0.15) is 31.8 Å². The zero-order valence-corrected chi connectivity index (χ0v) is 9.67. The van der Waals surface area contributed by atoms with Gasteiger partial charge in [0.1, 0.15) is 6.29 Å². The number of ketones is 1. The Hall–Kier alpha value is -1.47. The Morgan fingerprint density at radius 3 is 2.73 bits per heavy atom. The highest BCUT2D eigenvalue weighted by Crippen LogP contribution is 2.16. The summed E-state index contributed by atoms with van der Waals surface area (Å²) >= 11 is 3.06. The van der Waals surface area contributed by atoms with Crippen molar-refractivity contribution < 1.29 is 9.59 Å². The van der Waals surface area contributed by atoms with E-state index in [4.69, 9.17) is 5.26 Å². The summed E-state index contributed by atoms with van der Waals surface area (Å²) in [7, 11) is 0. The number of Topliss-reactive ketones (excluding diaryl/α,β-unsaturated/α-hetero) is 1. The third-order valence-electron chi connectivity index (χ3n) is 2.13. The minimum Gasteiger partial charge on any atom is -0.298 e. The molecule has 0 saturated heterocycles. The molecule has 1 rings (SSSR count). The zero-order chi connectivity index (χ0) is 11.4. The van der Waals surface area contributed by atoms with Crippen LogP contribution in [0.4, 0.5) is 0 Å². The van der Waals surface area contributed by atoms with Gasteiger partial charge in [0, 0.05) is 11.1 Å². The molecule has 1 aromatic rings. The van der Waals surface area contributed by atoms with E-state index in [0.717, 1.165) is 0 Å². The summed E-state index contributed by atoms with van der Waals surface area (Å²) in [4.78, 5) is 22.2. The van der Waals surface area contributed by atoms with Gasteiger partial charge in [-0.3, -0.25) is 9.59 Å². The van der Waals surface area contributed by atoms with Crippen LogP contribution in [0.3, 0.4) is 0 Å². The largest absolute Gasteiger partial charge is 0.298 e. The van der Waals surface area contributed by atoms with E-state index in [2.05, 4.69) is 15.9 Å². The van der Waals surface area contributed by atoms with Crippen molar-refractivity contribution in [2.45, 2.75) is 6.92 Å². The molecule has 0 heterocycles. The molecule has 0 N–H and O–H groups in total. The lowest BCUT2D eigenvalue weighted by atomic mass is 9.97. The third-order valence-corrected chi connectivity index (χ3v) is 2.63. The number of aldehydes is 1. The number of benzene rings is 1. The molecule has 0 bridgehead atoms. The molecule has 0 saturated carbocycles. The van der Waals surface area contributed by atoms with E-state index in [0.29, 0.717) is 28.5 Å². The molecule has 0 aliphatic rings. The molecule has 76 valence electrons. The molecule has 3 nitrogen and oxygen atoms in total. The standard InChI is InChI=1S/C11H8BrNO2/c1-7-9(6-14)2-8(5-13)3-10(7)11(15)4-12/h2-3,6H,4H2,1H3. The average molecular weight is 266 g/mol. The second-order valence-electron chi connectivity index (χ2n) is 3.02. The molecule has 4 heteroatoms. The van der Waals surface area contributed by atoms with Crippen LogP contribution in [0, 0.1) is 18.3 Å². The number of alkyl halides is 1. The number of carbonyl (C=O) groups is 2. The molecule has 0 aliphatic heterocycles. The van der Waals surface area contributed by atoms with Crippen LogP contribution < -0.4 is 0 Å². The van der Waals surface area contributed by atoms with Gasteiger partial charge in [0.15, 0.2) is 5.78 Å². The fraction of sp³-hybridized carbons (Fsp3) is 0.182. The maximum atomic E-state index is 11.5. The Labute approximate surface area is 95.8 Å². The van der Waals surface area contributed by atoms with Gasteiger partial charge in [-0.05, 0) is 24.6 Å². The van der Waals surface area contributed by atoms with E-state index < -0.39 is 0 Å². The lowest BCUT2D eigenvalue weighted by Crippen LogP contribution is -2.05. The van der Waals surface area contributed by atoms with Crippen molar-refractivity contribution in [3.8, 4) is 6.07 Å². The summed E-state index contributed by atoms with van der Waals surface area (Å²) in [5, 5.41) is 8.92. The number of halogens is 1. The quantitative estimate of drug-likeness (QED) is 0.479. The molecule has 0 aromatic heterocycles. The van der Waals surface area contributed by atoms with Crippen molar-refractivity contribution in [3.05, 3.63) is 34.4 Å². The SMILES string of the molecule is Cc1c(C=O)cc(C#N)cc1C(=O)CBr. The van der Waals surface area contributed by atoms with Crippen LogP contribution in [0.5, 0.6) is 0 Å². The predicted molar refractivity (Wildman–Crippen MR) is 59.4 cm³/mol. The van der Waals surface area contributed by atoms with Crippen LogP contribution in [0.15, 0.2) is 12.1 Å². The smallest absolute Gasteiger partial charge is 0.173 e. The van der Waals surface area contributed by atoms with Gasteiger partial charge in [-0.15, -0.1) is 0 Å². The Morgan fingerprint density at radius 1 is 1.60 bits per heavy atom. The summed E-state index contributed by atoms with van der Waals surface area (Å²) in [6.45, 7) is 1.70. The first kappa shape index (κ1) is 11.6. The van der Waals surface area contributed by atoms with E-state index >= 15 is 0 Å². The van der Waals surface area contributed by atoms with E-state index in [9.17, 15) is 9.59 Å². The maximum absolute atomic E-state index is 11.5. The highest BCUT2D eigenvalue weighted by Gasteiger charge is 2.12. The second kappa shape index (κ2) is 4.85. The number of hydrogen-bond donors (Lipinski definition) is 0. The zero-order valence-electron chi connectivity index (χ0n) is 8.08. The molecule has 0 fully saturated rings. The van der Waals surface area contributed by atoms with E-state index in [1.807, 2.05) is 6.07 Å². The Kier molecular flexibility index (Phi) is 3.75. The van der Waals surface area contributed by atoms with E-state index in [1.165, 1.54) is 12.1 Å². The van der Waals surface area contributed by atoms with Crippen molar-refractivity contribution in [1.82, 2.24) is 0 Å². The third kappa shape index (κ3) is 2.31. The van der Waals surface area contributed by atoms with Gasteiger partial charge in [-0.2, -0.15) is 5.26 Å². The van der Waals surface area contributed by atoms with Gasteiger partial charge in [-0.25, -0.2) is 0 Å². The van der Waals surface area contributed by atoms with Crippen LogP contribution >= 0.6 is 15.9 Å². The first-order valence-electron chi connectivity index (χ1n) is 4.23. The van der Waals surface area contributed by atoms with Crippen molar-refractivity contribution in [1.29, 1.82) is 5.26 Å². The van der Waals surface area contributed by atoms with Gasteiger partial charge in [0.25, 0.3) is 0 Å². The van der Waals surface area contributed by atoms with Gasteiger partial charge in [-0.1, -0.05) is 15.9 Å². The Bertz CT molecular complexity index is 460. The van der Waals surface area contributed by atoms with Gasteiger partial charge < -0.3 is 0 Å². The molecular formula is C11H8BrNO2. The van der Waals surface area contributed by atoms with Crippen molar-refractivity contribution in [3.63, 3.8) is 0 Å². The molecular weight excluding hydrogens is 258 g/mol. The molecule has 0 amide bonds. The monoisotopic (exact) mass is 265 g/mol. The van der Waals surface area contributed by atoms with Crippen molar-refractivity contribution in [2.24, 2.45) is 0 Å². The topological polar surface area (TPSA) is 57.9 Å². The minimum atomic E-state index is -0.132. The lowest BCUT2D eigenvalue weighted by molar-refractivity contribution is 0.102. The fourth-order valence-corrected chi connectivity index (χ4v) is 1.59. The normalized spacial score (nSPS) is 9.40. The van der Waals surface area contributed by atoms with Crippen molar-refractivity contribution in [2.75, 3.05) is 5.33 Å². The summed E-state index contributed by atoms with van der Waals surface area (Å²) in [6, 6.07) is 4.91. The number of carbonyl (C=O) groups excluding carboxylic acids is 2. The highest BCUT2D eigenvalue weighted by atomic mass is 79.9. The van der Waals surface area contributed by atoms with E-state index in [-0.39, 0.29) is 11.1 Å². The minimum absolute atomic E-state index is 0.132. The van der Waals surface area contributed by atoms with Crippen LogP contribution in [-0.4, -0.2) is 17.4 Å². The summed E-state index contributed by atoms with van der Waals surface area (Å²) in [5.74, 6) is -0.132. The first-order chi connectivity index (χ1) is 7.13. The Balaban J connectivity index is 3.45. The summed E-state index contributed by atoms with van der Waals surface area (Å²) in [6.07, 6.45) is 0.654. The van der Waals surface area contributed by atoms with Crippen LogP contribution in [-0.2, 0) is 0 Å². The highest BCUT2D eigenvalue weighted by molar-refractivity contribution is 9.09. The summed E-state index contributed by atoms with van der Waals surface area (Å²) < 4.78 is 0.